The summed E-state index contributed by atoms with van der Waals surface area (Å²) in [6, 6.07) is 6.18. The average Bonchev–Trinajstić information content (AvgIpc) is 3.25. The number of nitrogens with one attached hydrogen (secondary N) is 1. The maximum absolute atomic E-state index is 12.9. The van der Waals surface area contributed by atoms with E-state index < -0.39 is 0 Å². The van der Waals surface area contributed by atoms with Gasteiger partial charge in [-0.05, 0) is 49.9 Å². The number of likely N-dealkylation sites (tertiary alicyclic amines) is 1. The molecule has 0 aliphatic carbocycles. The summed E-state index contributed by atoms with van der Waals surface area (Å²) in [7, 11) is 0. The number of H-pyrrole nitrogens is 1. The molecule has 1 unspecified atom stereocenters. The zero-order valence-corrected chi connectivity index (χ0v) is 14.7. The Morgan fingerprint density at radius 2 is 2.28 bits per heavy atom. The highest BCUT2D eigenvalue weighted by Gasteiger charge is 2.26. The summed E-state index contributed by atoms with van der Waals surface area (Å²) in [6.45, 7) is 5.73. The van der Waals surface area contributed by atoms with Gasteiger partial charge < -0.3 is 9.32 Å². The third-order valence-corrected chi connectivity index (χ3v) is 5.17. The molecule has 25 heavy (non-hydrogen) atoms. The molecule has 1 aliphatic rings. The SMILES string of the molecule is Cc1cc(C)c2c(CC(=O)N3CCCC(c4ccn[nH]4)C3)coc2c1. The lowest BCUT2D eigenvalue weighted by molar-refractivity contribution is -0.131. The fourth-order valence-electron chi connectivity index (χ4n) is 3.98. The number of carbonyl (C=O) groups is 1. The summed E-state index contributed by atoms with van der Waals surface area (Å²) in [5.74, 6) is 0.526. The molecule has 0 spiro atoms. The first kappa shape index (κ1) is 15.9. The molecule has 1 aromatic carbocycles. The van der Waals surface area contributed by atoms with E-state index in [4.69, 9.17) is 4.42 Å². The monoisotopic (exact) mass is 337 g/mol. The number of furan rings is 1. The zero-order chi connectivity index (χ0) is 17.4. The molecule has 1 amide bonds. The number of amides is 1. The lowest BCUT2D eigenvalue weighted by Gasteiger charge is -2.32. The van der Waals surface area contributed by atoms with Crippen LogP contribution < -0.4 is 0 Å². The molecular formula is C20H23N3O2. The van der Waals surface area contributed by atoms with Crippen molar-refractivity contribution in [2.75, 3.05) is 13.1 Å². The number of rotatable bonds is 3. The number of fused-ring (bicyclic) bond motifs is 1. The highest BCUT2D eigenvalue weighted by Crippen LogP contribution is 2.29. The molecule has 1 atom stereocenters. The van der Waals surface area contributed by atoms with Gasteiger partial charge in [-0.25, -0.2) is 0 Å². The van der Waals surface area contributed by atoms with Gasteiger partial charge in [0.05, 0.1) is 12.7 Å². The van der Waals surface area contributed by atoms with Crippen LogP contribution in [0.4, 0.5) is 0 Å². The minimum Gasteiger partial charge on any atom is -0.464 e. The largest absolute Gasteiger partial charge is 0.464 e. The third-order valence-electron chi connectivity index (χ3n) is 5.17. The molecule has 5 nitrogen and oxygen atoms in total. The van der Waals surface area contributed by atoms with Crippen molar-refractivity contribution in [1.82, 2.24) is 15.1 Å². The predicted molar refractivity (Wildman–Crippen MR) is 96.5 cm³/mol. The Labute approximate surface area is 147 Å². The summed E-state index contributed by atoms with van der Waals surface area (Å²) in [6.07, 6.45) is 6.04. The molecule has 1 aliphatic heterocycles. The van der Waals surface area contributed by atoms with Crippen molar-refractivity contribution in [3.8, 4) is 0 Å². The van der Waals surface area contributed by atoms with Crippen LogP contribution in [0.1, 0.15) is 41.1 Å². The quantitative estimate of drug-likeness (QED) is 0.792. The normalized spacial score (nSPS) is 18.0. The molecule has 0 bridgehead atoms. The Bertz CT molecular complexity index is 895. The highest BCUT2D eigenvalue weighted by molar-refractivity contribution is 5.90. The van der Waals surface area contributed by atoms with Crippen LogP contribution in [0.15, 0.2) is 35.1 Å². The molecule has 4 rings (SSSR count). The van der Waals surface area contributed by atoms with E-state index in [1.54, 1.807) is 12.5 Å². The van der Waals surface area contributed by atoms with Gasteiger partial charge in [0.1, 0.15) is 5.58 Å². The Balaban J connectivity index is 1.52. The summed E-state index contributed by atoms with van der Waals surface area (Å²) >= 11 is 0. The summed E-state index contributed by atoms with van der Waals surface area (Å²) in [5, 5.41) is 8.17. The molecular weight excluding hydrogens is 314 g/mol. The van der Waals surface area contributed by atoms with E-state index in [1.165, 1.54) is 11.1 Å². The Hall–Kier alpha value is -2.56. The van der Waals surface area contributed by atoms with Crippen LogP contribution in [0, 0.1) is 13.8 Å². The summed E-state index contributed by atoms with van der Waals surface area (Å²) < 4.78 is 5.69. The lowest BCUT2D eigenvalue weighted by atomic mass is 9.94. The first-order valence-corrected chi connectivity index (χ1v) is 8.86. The Morgan fingerprint density at radius 1 is 1.40 bits per heavy atom. The van der Waals surface area contributed by atoms with Gasteiger partial charge in [-0.2, -0.15) is 5.10 Å². The van der Waals surface area contributed by atoms with Crippen LogP contribution in [-0.2, 0) is 11.2 Å². The molecule has 2 aromatic heterocycles. The number of aromatic amines is 1. The number of hydrogen-bond donors (Lipinski definition) is 1. The van der Waals surface area contributed by atoms with Gasteiger partial charge in [-0.1, -0.05) is 6.07 Å². The van der Waals surface area contributed by atoms with E-state index in [-0.39, 0.29) is 5.91 Å². The number of benzene rings is 1. The van der Waals surface area contributed by atoms with Crippen LogP contribution in [0.2, 0.25) is 0 Å². The van der Waals surface area contributed by atoms with Gasteiger partial charge in [-0.15, -0.1) is 0 Å². The molecule has 1 fully saturated rings. The second-order valence-corrected chi connectivity index (χ2v) is 7.08. The summed E-state index contributed by atoms with van der Waals surface area (Å²) in [4.78, 5) is 14.8. The molecule has 3 aromatic rings. The van der Waals surface area contributed by atoms with Crippen molar-refractivity contribution >= 4 is 16.9 Å². The van der Waals surface area contributed by atoms with Gasteiger partial charge in [0, 0.05) is 41.8 Å². The van der Waals surface area contributed by atoms with Gasteiger partial charge >= 0.3 is 0 Å². The first-order valence-electron chi connectivity index (χ1n) is 8.86. The second kappa shape index (κ2) is 6.39. The number of aryl methyl sites for hydroxylation is 2. The van der Waals surface area contributed by atoms with E-state index in [1.807, 2.05) is 17.0 Å². The molecule has 1 saturated heterocycles. The fourth-order valence-corrected chi connectivity index (χ4v) is 3.98. The van der Waals surface area contributed by atoms with Crippen LogP contribution in [0.5, 0.6) is 0 Å². The van der Waals surface area contributed by atoms with E-state index in [0.29, 0.717) is 12.3 Å². The third kappa shape index (κ3) is 3.06. The van der Waals surface area contributed by atoms with Gasteiger partial charge in [-0.3, -0.25) is 9.89 Å². The van der Waals surface area contributed by atoms with Crippen molar-refractivity contribution in [3.05, 3.63) is 53.0 Å². The van der Waals surface area contributed by atoms with Crippen molar-refractivity contribution < 1.29 is 9.21 Å². The molecule has 3 heterocycles. The fraction of sp³-hybridized carbons (Fsp3) is 0.400. The van der Waals surface area contributed by atoms with Crippen molar-refractivity contribution in [3.63, 3.8) is 0 Å². The van der Waals surface area contributed by atoms with Crippen LogP contribution in [-0.4, -0.2) is 34.1 Å². The van der Waals surface area contributed by atoms with Gasteiger partial charge in [0.2, 0.25) is 5.91 Å². The number of carbonyl (C=O) groups excluding carboxylic acids is 1. The van der Waals surface area contributed by atoms with Crippen molar-refractivity contribution in [2.24, 2.45) is 0 Å². The minimum absolute atomic E-state index is 0.173. The van der Waals surface area contributed by atoms with E-state index in [0.717, 1.165) is 48.2 Å². The standard InChI is InChI=1S/C20H23N3O2/c1-13-8-14(2)20-16(12-25-18(20)9-13)10-19(24)23-7-3-4-15(11-23)17-5-6-21-22-17/h5-6,8-9,12,15H,3-4,7,10-11H2,1-2H3,(H,21,22). The number of nitrogens with zero attached hydrogens (tertiary/aromatic N) is 2. The molecule has 130 valence electrons. The van der Waals surface area contributed by atoms with Gasteiger partial charge in [0.25, 0.3) is 0 Å². The van der Waals surface area contributed by atoms with Crippen LogP contribution in [0.3, 0.4) is 0 Å². The molecule has 0 radical (unpaired) electrons. The maximum atomic E-state index is 12.9. The minimum atomic E-state index is 0.173. The summed E-state index contributed by atoms with van der Waals surface area (Å²) in [5.41, 5.74) is 5.32. The van der Waals surface area contributed by atoms with E-state index in [2.05, 4.69) is 30.1 Å². The smallest absolute Gasteiger partial charge is 0.227 e. The lowest BCUT2D eigenvalue weighted by Crippen LogP contribution is -2.40. The van der Waals surface area contributed by atoms with Crippen LogP contribution in [0.25, 0.3) is 11.0 Å². The molecule has 0 saturated carbocycles. The number of piperidine rings is 1. The maximum Gasteiger partial charge on any atom is 0.227 e. The molecule has 1 N–H and O–H groups in total. The number of aromatic nitrogens is 2. The molecule has 5 heteroatoms. The zero-order valence-electron chi connectivity index (χ0n) is 14.7. The highest BCUT2D eigenvalue weighted by atomic mass is 16.3. The van der Waals surface area contributed by atoms with Crippen molar-refractivity contribution in [1.29, 1.82) is 0 Å². The second-order valence-electron chi connectivity index (χ2n) is 7.08. The first-order chi connectivity index (χ1) is 12.1. The van der Waals surface area contributed by atoms with Crippen molar-refractivity contribution in [2.45, 2.75) is 39.0 Å². The van der Waals surface area contributed by atoms with Crippen LogP contribution >= 0.6 is 0 Å². The van der Waals surface area contributed by atoms with E-state index >= 15 is 0 Å². The van der Waals surface area contributed by atoms with Gasteiger partial charge in [0.15, 0.2) is 0 Å². The average molecular weight is 337 g/mol. The van der Waals surface area contributed by atoms with E-state index in [9.17, 15) is 4.79 Å². The number of hydrogen-bond acceptors (Lipinski definition) is 3. The Kier molecular flexibility index (Phi) is 4.07. The topological polar surface area (TPSA) is 62.1 Å². The predicted octanol–water partition coefficient (Wildman–Crippen LogP) is 3.72. The Morgan fingerprint density at radius 3 is 3.08 bits per heavy atom.